The second-order valence-corrected chi connectivity index (χ2v) is 8.29. The van der Waals surface area contributed by atoms with E-state index in [2.05, 4.69) is 116 Å². The quantitative estimate of drug-likeness (QED) is 0.268. The molecular formula is C32H30O2. The van der Waals surface area contributed by atoms with Gasteiger partial charge in [-0.1, -0.05) is 90.7 Å². The molecule has 2 heteroatoms. The van der Waals surface area contributed by atoms with Crippen molar-refractivity contribution in [2.45, 2.75) is 46.0 Å². The Morgan fingerprint density at radius 2 is 1.35 bits per heavy atom. The lowest BCUT2D eigenvalue weighted by Gasteiger charge is -2.25. The first-order valence-electron chi connectivity index (χ1n) is 11.7. The molecule has 0 amide bonds. The largest absolute Gasteiger partial charge is 0.361 e. The van der Waals surface area contributed by atoms with Gasteiger partial charge in [0, 0.05) is 0 Å². The fourth-order valence-electron chi connectivity index (χ4n) is 4.52. The maximum Gasteiger partial charge on any atom is 0.144 e. The standard InChI is InChI=1S/C32H30O2/c1-5-7-22-33-24(4)32-29-18-11-9-15-26(29)20-21-30(32)31(13-6-2)34-23(3)27-19-12-16-25-14-8-10-17-28(25)27/h8-12,14-21,23-24,31H,22H2,1-4H3. The summed E-state index contributed by atoms with van der Waals surface area (Å²) < 4.78 is 12.8. The smallest absolute Gasteiger partial charge is 0.144 e. The van der Waals surface area contributed by atoms with E-state index in [0.717, 1.165) is 22.1 Å². The number of fused-ring (bicyclic) bond motifs is 2. The van der Waals surface area contributed by atoms with Crippen molar-refractivity contribution in [1.29, 1.82) is 0 Å². The highest BCUT2D eigenvalue weighted by molar-refractivity contribution is 5.88. The molecule has 170 valence electrons. The summed E-state index contributed by atoms with van der Waals surface area (Å²) >= 11 is 0. The topological polar surface area (TPSA) is 18.5 Å². The summed E-state index contributed by atoms with van der Waals surface area (Å²) in [5.41, 5.74) is 3.30. The Morgan fingerprint density at radius 3 is 2.09 bits per heavy atom. The van der Waals surface area contributed by atoms with Crippen LogP contribution >= 0.6 is 0 Å². The van der Waals surface area contributed by atoms with Crippen LogP contribution in [0, 0.1) is 23.7 Å². The molecule has 3 atom stereocenters. The van der Waals surface area contributed by atoms with Gasteiger partial charge in [-0.05, 0) is 65.9 Å². The van der Waals surface area contributed by atoms with E-state index in [1.807, 2.05) is 13.8 Å². The summed E-state index contributed by atoms with van der Waals surface area (Å²) in [5.74, 6) is 12.3. The zero-order valence-corrected chi connectivity index (χ0v) is 20.3. The normalized spacial score (nSPS) is 13.4. The van der Waals surface area contributed by atoms with Gasteiger partial charge in [0.1, 0.15) is 12.7 Å². The van der Waals surface area contributed by atoms with Crippen molar-refractivity contribution in [3.05, 3.63) is 95.6 Å². The van der Waals surface area contributed by atoms with E-state index in [-0.39, 0.29) is 18.3 Å². The van der Waals surface area contributed by atoms with E-state index in [1.54, 1.807) is 0 Å². The van der Waals surface area contributed by atoms with Crippen LogP contribution in [0.25, 0.3) is 21.5 Å². The molecule has 0 heterocycles. The Labute approximate surface area is 202 Å². The summed E-state index contributed by atoms with van der Waals surface area (Å²) in [6, 6.07) is 27.4. The first-order chi connectivity index (χ1) is 16.6. The summed E-state index contributed by atoms with van der Waals surface area (Å²) in [4.78, 5) is 0. The molecule has 0 N–H and O–H groups in total. The van der Waals surface area contributed by atoms with Crippen LogP contribution in [0.3, 0.4) is 0 Å². The number of rotatable bonds is 7. The summed E-state index contributed by atoms with van der Waals surface area (Å²) in [6.45, 7) is 8.25. The predicted molar refractivity (Wildman–Crippen MR) is 141 cm³/mol. The van der Waals surface area contributed by atoms with Crippen molar-refractivity contribution in [1.82, 2.24) is 0 Å². The van der Waals surface area contributed by atoms with Gasteiger partial charge in [-0.2, -0.15) is 0 Å². The Kier molecular flexibility index (Phi) is 7.66. The number of hydrogen-bond acceptors (Lipinski definition) is 2. The Bertz CT molecular complexity index is 1410. The minimum atomic E-state index is -0.387. The van der Waals surface area contributed by atoms with Crippen molar-refractivity contribution in [3.8, 4) is 23.7 Å². The molecule has 4 rings (SSSR count). The highest BCUT2D eigenvalue weighted by Gasteiger charge is 2.23. The van der Waals surface area contributed by atoms with Crippen LogP contribution in [0.2, 0.25) is 0 Å². The molecule has 0 saturated heterocycles. The van der Waals surface area contributed by atoms with E-state index in [9.17, 15) is 0 Å². The number of benzene rings is 4. The second-order valence-electron chi connectivity index (χ2n) is 8.29. The molecule has 3 unspecified atom stereocenters. The van der Waals surface area contributed by atoms with Crippen LogP contribution in [0.4, 0.5) is 0 Å². The van der Waals surface area contributed by atoms with E-state index >= 15 is 0 Å². The van der Waals surface area contributed by atoms with E-state index in [0.29, 0.717) is 6.61 Å². The first kappa shape index (κ1) is 23.6. The molecule has 0 aliphatic rings. The molecule has 34 heavy (non-hydrogen) atoms. The lowest BCUT2D eigenvalue weighted by Crippen LogP contribution is -2.12. The van der Waals surface area contributed by atoms with Crippen molar-refractivity contribution < 1.29 is 9.47 Å². The van der Waals surface area contributed by atoms with Gasteiger partial charge in [0.15, 0.2) is 0 Å². The Balaban J connectivity index is 1.77. The van der Waals surface area contributed by atoms with Gasteiger partial charge < -0.3 is 9.47 Å². The van der Waals surface area contributed by atoms with Crippen molar-refractivity contribution >= 4 is 21.5 Å². The summed E-state index contributed by atoms with van der Waals surface area (Å²) in [6.07, 6.45) is -0.681. The molecule has 0 bridgehead atoms. The van der Waals surface area contributed by atoms with Gasteiger partial charge in [-0.25, -0.2) is 0 Å². The van der Waals surface area contributed by atoms with Crippen LogP contribution in [-0.4, -0.2) is 6.61 Å². The lowest BCUT2D eigenvalue weighted by molar-refractivity contribution is 0.0255. The summed E-state index contributed by atoms with van der Waals surface area (Å²) in [5, 5.41) is 4.73. The minimum absolute atomic E-state index is 0.140. The Hall–Kier alpha value is -3.56. The monoisotopic (exact) mass is 446 g/mol. The van der Waals surface area contributed by atoms with Gasteiger partial charge in [-0.15, -0.1) is 11.8 Å². The van der Waals surface area contributed by atoms with Gasteiger partial charge in [0.2, 0.25) is 0 Å². The van der Waals surface area contributed by atoms with Crippen molar-refractivity contribution in [2.24, 2.45) is 0 Å². The van der Waals surface area contributed by atoms with E-state index < -0.39 is 0 Å². The SMILES string of the molecule is CC#CCOC(C)c1c(C(C#CC)OC(C)c2cccc3ccccc23)ccc2ccccc12. The zero-order valence-electron chi connectivity index (χ0n) is 20.3. The van der Waals surface area contributed by atoms with Gasteiger partial charge in [-0.3, -0.25) is 0 Å². The summed E-state index contributed by atoms with van der Waals surface area (Å²) in [7, 11) is 0. The van der Waals surface area contributed by atoms with Crippen LogP contribution in [-0.2, 0) is 9.47 Å². The maximum absolute atomic E-state index is 6.68. The molecule has 0 aromatic heterocycles. The van der Waals surface area contributed by atoms with Crippen molar-refractivity contribution in [3.63, 3.8) is 0 Å². The predicted octanol–water partition coefficient (Wildman–Crippen LogP) is 7.94. The molecule has 0 aliphatic heterocycles. The van der Waals surface area contributed by atoms with Crippen LogP contribution < -0.4 is 0 Å². The molecule has 0 radical (unpaired) electrons. The second kappa shape index (κ2) is 11.0. The highest BCUT2D eigenvalue weighted by atomic mass is 16.5. The average molecular weight is 447 g/mol. The molecule has 0 aliphatic carbocycles. The highest BCUT2D eigenvalue weighted by Crippen LogP contribution is 2.37. The molecule has 4 aromatic carbocycles. The van der Waals surface area contributed by atoms with E-state index in [4.69, 9.17) is 9.47 Å². The lowest BCUT2D eigenvalue weighted by atomic mass is 9.92. The van der Waals surface area contributed by atoms with E-state index in [1.165, 1.54) is 16.2 Å². The number of ether oxygens (including phenoxy) is 2. The molecule has 2 nitrogen and oxygen atoms in total. The third kappa shape index (κ3) is 5.00. The molecule has 0 spiro atoms. The number of hydrogen-bond donors (Lipinski definition) is 0. The van der Waals surface area contributed by atoms with Gasteiger partial charge >= 0.3 is 0 Å². The van der Waals surface area contributed by atoms with Crippen LogP contribution in [0.5, 0.6) is 0 Å². The fraction of sp³-hybridized carbons (Fsp3) is 0.250. The van der Waals surface area contributed by atoms with Crippen molar-refractivity contribution in [2.75, 3.05) is 6.61 Å². The first-order valence-corrected chi connectivity index (χ1v) is 11.7. The fourth-order valence-corrected chi connectivity index (χ4v) is 4.52. The molecular weight excluding hydrogens is 416 g/mol. The minimum Gasteiger partial charge on any atom is -0.361 e. The molecule has 4 aromatic rings. The van der Waals surface area contributed by atoms with Gasteiger partial charge in [0.25, 0.3) is 0 Å². The molecule has 0 saturated carbocycles. The zero-order chi connectivity index (χ0) is 23.9. The third-order valence-corrected chi connectivity index (χ3v) is 6.15. The molecule has 0 fully saturated rings. The van der Waals surface area contributed by atoms with Gasteiger partial charge in [0.05, 0.1) is 12.2 Å². The van der Waals surface area contributed by atoms with Crippen LogP contribution in [0.15, 0.2) is 78.9 Å². The van der Waals surface area contributed by atoms with Crippen LogP contribution in [0.1, 0.15) is 62.7 Å². The third-order valence-electron chi connectivity index (χ3n) is 6.15. The average Bonchev–Trinajstić information content (AvgIpc) is 2.87. The maximum atomic E-state index is 6.68. The Morgan fingerprint density at radius 1 is 0.676 bits per heavy atom.